The Kier molecular flexibility index (Phi) is 4.61. The Labute approximate surface area is 113 Å². The van der Waals surface area contributed by atoms with Crippen molar-refractivity contribution in [3.63, 3.8) is 0 Å². The molecule has 98 valence electrons. The summed E-state index contributed by atoms with van der Waals surface area (Å²) in [5.41, 5.74) is 1.61. The van der Waals surface area contributed by atoms with E-state index >= 15 is 0 Å². The average molecular weight is 268 g/mol. The van der Waals surface area contributed by atoms with Crippen molar-refractivity contribution in [2.24, 2.45) is 0 Å². The fourth-order valence-electron chi connectivity index (χ4n) is 2.38. The van der Waals surface area contributed by atoms with Crippen molar-refractivity contribution in [2.75, 3.05) is 24.6 Å². The zero-order chi connectivity index (χ0) is 13.0. The second kappa shape index (κ2) is 6.21. The summed E-state index contributed by atoms with van der Waals surface area (Å²) in [4.78, 5) is 12.9. The number of anilines is 1. The number of hydrogen-bond acceptors (Lipinski definition) is 3. The van der Waals surface area contributed by atoms with E-state index in [2.05, 4.69) is 4.90 Å². The predicted molar refractivity (Wildman–Crippen MR) is 73.7 cm³/mol. The molecule has 2 rings (SSSR count). The molecule has 1 aliphatic rings. The fourth-order valence-corrected chi connectivity index (χ4v) is 2.69. The number of carbonyl (C=O) groups excluding carboxylic acids is 1. The Bertz CT molecular complexity index is 420. The summed E-state index contributed by atoms with van der Waals surface area (Å²) in [6.07, 6.45) is 3.31. The molecule has 0 aromatic heterocycles. The van der Waals surface area contributed by atoms with Crippen molar-refractivity contribution in [1.29, 1.82) is 0 Å². The van der Waals surface area contributed by atoms with Gasteiger partial charge in [-0.25, -0.2) is 0 Å². The van der Waals surface area contributed by atoms with Crippen LogP contribution in [0.1, 0.15) is 30.1 Å². The lowest BCUT2D eigenvalue weighted by molar-refractivity contribution is 0.0527. The van der Waals surface area contributed by atoms with Crippen LogP contribution in [0.25, 0.3) is 0 Å². The van der Waals surface area contributed by atoms with E-state index in [4.69, 9.17) is 16.3 Å². The molecule has 0 radical (unpaired) electrons. The molecule has 1 saturated heterocycles. The minimum atomic E-state index is 0.283. The zero-order valence-electron chi connectivity index (χ0n) is 10.6. The molecule has 0 amide bonds. The van der Waals surface area contributed by atoms with Crippen LogP contribution in [0, 0.1) is 0 Å². The summed E-state index contributed by atoms with van der Waals surface area (Å²) < 4.78 is 5.68. The average Bonchev–Trinajstić information content (AvgIpc) is 2.39. The second-order valence-electron chi connectivity index (χ2n) is 4.49. The van der Waals surface area contributed by atoms with Gasteiger partial charge in [-0.3, -0.25) is 4.79 Å². The van der Waals surface area contributed by atoms with Crippen molar-refractivity contribution in [3.05, 3.63) is 28.8 Å². The van der Waals surface area contributed by atoms with Gasteiger partial charge in [0.2, 0.25) is 0 Å². The molecule has 1 fully saturated rings. The van der Waals surface area contributed by atoms with Crippen LogP contribution in [0.3, 0.4) is 0 Å². The normalized spacial score (nSPS) is 19.9. The third-order valence-corrected chi connectivity index (χ3v) is 3.53. The van der Waals surface area contributed by atoms with Crippen LogP contribution in [0.5, 0.6) is 0 Å². The van der Waals surface area contributed by atoms with Crippen molar-refractivity contribution in [1.82, 2.24) is 0 Å². The van der Waals surface area contributed by atoms with Gasteiger partial charge in [-0.2, -0.15) is 0 Å². The molecular weight excluding hydrogens is 250 g/mol. The van der Waals surface area contributed by atoms with Gasteiger partial charge < -0.3 is 9.64 Å². The van der Waals surface area contributed by atoms with E-state index in [1.807, 2.05) is 13.0 Å². The van der Waals surface area contributed by atoms with Gasteiger partial charge in [-0.05, 0) is 38.0 Å². The lowest BCUT2D eigenvalue weighted by atomic mass is 10.1. The third kappa shape index (κ3) is 3.03. The van der Waals surface area contributed by atoms with Gasteiger partial charge in [-0.1, -0.05) is 11.6 Å². The molecule has 4 heteroatoms. The summed E-state index contributed by atoms with van der Waals surface area (Å²) in [5, 5.41) is 0.636. The van der Waals surface area contributed by atoms with Crippen LogP contribution in [0.2, 0.25) is 5.02 Å². The number of halogens is 1. The predicted octanol–water partition coefficient (Wildman–Crippen LogP) is 3.16. The quantitative estimate of drug-likeness (QED) is 0.785. The lowest BCUT2D eigenvalue weighted by Crippen LogP contribution is -2.39. The molecule has 1 aliphatic heterocycles. The maximum Gasteiger partial charge on any atom is 0.150 e. The van der Waals surface area contributed by atoms with E-state index in [1.54, 1.807) is 12.1 Å². The molecular formula is C14H18ClNO2. The van der Waals surface area contributed by atoms with Gasteiger partial charge in [0.15, 0.2) is 0 Å². The first-order valence-electron chi connectivity index (χ1n) is 6.36. The van der Waals surface area contributed by atoms with Gasteiger partial charge in [0.25, 0.3) is 0 Å². The van der Waals surface area contributed by atoms with Crippen LogP contribution in [-0.2, 0) is 4.74 Å². The number of benzene rings is 1. The number of aldehydes is 1. The maximum absolute atomic E-state index is 10.7. The van der Waals surface area contributed by atoms with E-state index in [0.717, 1.165) is 44.5 Å². The molecule has 0 aliphatic carbocycles. The Balaban J connectivity index is 2.13. The summed E-state index contributed by atoms with van der Waals surface area (Å²) in [6.45, 7) is 4.62. The first-order chi connectivity index (χ1) is 8.74. The monoisotopic (exact) mass is 267 g/mol. The van der Waals surface area contributed by atoms with Crippen LogP contribution in [0.4, 0.5) is 5.69 Å². The molecule has 1 aromatic carbocycles. The largest absolute Gasteiger partial charge is 0.377 e. The zero-order valence-corrected chi connectivity index (χ0v) is 11.3. The Morgan fingerprint density at radius 1 is 1.56 bits per heavy atom. The number of carbonyl (C=O) groups is 1. The Morgan fingerprint density at radius 2 is 2.39 bits per heavy atom. The summed E-state index contributed by atoms with van der Waals surface area (Å²) >= 11 is 6.22. The van der Waals surface area contributed by atoms with Crippen LogP contribution in [0.15, 0.2) is 18.2 Å². The highest BCUT2D eigenvalue weighted by atomic mass is 35.5. The number of nitrogens with zero attached hydrogens (tertiary/aromatic N) is 1. The summed E-state index contributed by atoms with van der Waals surface area (Å²) in [6, 6.07) is 5.44. The highest BCUT2D eigenvalue weighted by Crippen LogP contribution is 2.29. The molecule has 1 atom stereocenters. The molecule has 3 nitrogen and oxygen atoms in total. The van der Waals surface area contributed by atoms with Crippen molar-refractivity contribution in [2.45, 2.75) is 25.9 Å². The smallest absolute Gasteiger partial charge is 0.150 e. The standard InChI is InChI=1S/C14H18ClNO2/c1-2-18-12-4-3-7-16(9-12)14-6-5-11(10-17)8-13(14)15/h5-6,8,10,12H,2-4,7,9H2,1H3. The second-order valence-corrected chi connectivity index (χ2v) is 4.90. The van der Waals surface area contributed by atoms with Crippen molar-refractivity contribution >= 4 is 23.6 Å². The first-order valence-corrected chi connectivity index (χ1v) is 6.73. The van der Waals surface area contributed by atoms with E-state index in [9.17, 15) is 4.79 Å². The molecule has 0 bridgehead atoms. The summed E-state index contributed by atoms with van der Waals surface area (Å²) in [5.74, 6) is 0. The van der Waals surface area contributed by atoms with Crippen molar-refractivity contribution in [3.8, 4) is 0 Å². The van der Waals surface area contributed by atoms with Gasteiger partial charge in [-0.15, -0.1) is 0 Å². The van der Waals surface area contributed by atoms with Gasteiger partial charge in [0, 0.05) is 25.3 Å². The van der Waals surface area contributed by atoms with Crippen molar-refractivity contribution < 1.29 is 9.53 Å². The number of hydrogen-bond donors (Lipinski definition) is 0. The molecule has 1 unspecified atom stereocenters. The molecule has 0 saturated carbocycles. The number of piperidine rings is 1. The first kappa shape index (κ1) is 13.4. The number of ether oxygens (including phenoxy) is 1. The SMILES string of the molecule is CCOC1CCCN(c2ccc(C=O)cc2Cl)C1. The molecule has 1 heterocycles. The molecule has 0 spiro atoms. The van der Waals surface area contributed by atoms with Gasteiger partial charge in [0.05, 0.1) is 16.8 Å². The third-order valence-electron chi connectivity index (χ3n) is 3.23. The van der Waals surface area contributed by atoms with E-state index in [-0.39, 0.29) is 6.10 Å². The van der Waals surface area contributed by atoms with Crippen LogP contribution in [-0.4, -0.2) is 32.1 Å². The maximum atomic E-state index is 10.7. The highest BCUT2D eigenvalue weighted by Gasteiger charge is 2.21. The minimum Gasteiger partial charge on any atom is -0.377 e. The van der Waals surface area contributed by atoms with Crippen LogP contribution >= 0.6 is 11.6 Å². The fraction of sp³-hybridized carbons (Fsp3) is 0.500. The minimum absolute atomic E-state index is 0.283. The van der Waals surface area contributed by atoms with Gasteiger partial charge in [0.1, 0.15) is 6.29 Å². The molecule has 1 aromatic rings. The van der Waals surface area contributed by atoms with Gasteiger partial charge >= 0.3 is 0 Å². The molecule has 18 heavy (non-hydrogen) atoms. The topological polar surface area (TPSA) is 29.5 Å². The Morgan fingerprint density at radius 3 is 3.06 bits per heavy atom. The van der Waals surface area contributed by atoms with Crippen LogP contribution < -0.4 is 4.90 Å². The van der Waals surface area contributed by atoms with E-state index < -0.39 is 0 Å². The number of rotatable bonds is 4. The molecule has 0 N–H and O–H groups in total. The summed E-state index contributed by atoms with van der Waals surface area (Å²) in [7, 11) is 0. The van der Waals surface area contributed by atoms with E-state index in [1.165, 1.54) is 0 Å². The Hall–Kier alpha value is -1.06. The lowest BCUT2D eigenvalue weighted by Gasteiger charge is -2.34. The highest BCUT2D eigenvalue weighted by molar-refractivity contribution is 6.33. The van der Waals surface area contributed by atoms with E-state index in [0.29, 0.717) is 10.6 Å².